The maximum Gasteiger partial charge on any atom is 0.301 e. The lowest BCUT2D eigenvalue weighted by Gasteiger charge is -2.02. The molecule has 0 radical (unpaired) electrons. The minimum absolute atomic E-state index is 0.138. The van der Waals surface area contributed by atoms with Gasteiger partial charge in [0.2, 0.25) is 5.96 Å². The van der Waals surface area contributed by atoms with E-state index in [1.807, 2.05) is 0 Å². The van der Waals surface area contributed by atoms with Crippen LogP contribution >= 0.6 is 0 Å². The van der Waals surface area contributed by atoms with Crippen LogP contribution in [-0.2, 0) is 0 Å². The summed E-state index contributed by atoms with van der Waals surface area (Å²) in [6.45, 7) is 0. The number of hydrogen-bond donors (Lipinski definition) is 2. The van der Waals surface area contributed by atoms with Crippen molar-refractivity contribution >= 4 is 22.6 Å². The first kappa shape index (κ1) is 10.2. The fraction of sp³-hybridized carbons (Fsp3) is 0. The molecule has 0 saturated carbocycles. The standard InChI is InChI=1S/C9H8N8O/c10-9(11)15-16-4-2-5-7(8(16)18)14-13-6-1-3-12-17(5)6/h1-4H,(H4,10,11,15). The monoisotopic (exact) mass is 244 g/mol. The van der Waals surface area contributed by atoms with Crippen LogP contribution in [0.2, 0.25) is 0 Å². The third-order valence-electron chi connectivity index (χ3n) is 2.35. The number of guanidine groups is 1. The van der Waals surface area contributed by atoms with Crippen molar-refractivity contribution in [3.63, 3.8) is 0 Å². The zero-order valence-corrected chi connectivity index (χ0v) is 9.06. The second-order valence-electron chi connectivity index (χ2n) is 3.53. The second kappa shape index (κ2) is 3.52. The van der Waals surface area contributed by atoms with Crippen molar-refractivity contribution in [2.75, 3.05) is 0 Å². The number of fused-ring (bicyclic) bond motifs is 3. The molecule has 18 heavy (non-hydrogen) atoms. The molecule has 0 atom stereocenters. The molecule has 0 saturated heterocycles. The number of pyridine rings is 1. The fourth-order valence-electron chi connectivity index (χ4n) is 1.63. The number of nitrogens with zero attached hydrogens (tertiary/aromatic N) is 6. The van der Waals surface area contributed by atoms with Crippen molar-refractivity contribution in [2.24, 2.45) is 16.6 Å². The van der Waals surface area contributed by atoms with Crippen molar-refractivity contribution < 1.29 is 0 Å². The van der Waals surface area contributed by atoms with Crippen LogP contribution in [0.25, 0.3) is 16.7 Å². The number of hydrogen-bond acceptors (Lipinski definition) is 5. The zero-order chi connectivity index (χ0) is 12.7. The fourth-order valence-corrected chi connectivity index (χ4v) is 1.63. The molecule has 0 aliphatic heterocycles. The lowest BCUT2D eigenvalue weighted by atomic mass is 10.4. The van der Waals surface area contributed by atoms with Crippen molar-refractivity contribution in [1.29, 1.82) is 0 Å². The van der Waals surface area contributed by atoms with E-state index >= 15 is 0 Å². The normalized spacial score (nSPS) is 10.9. The highest BCUT2D eigenvalue weighted by Gasteiger charge is 2.08. The Hall–Kier alpha value is -2.97. The highest BCUT2D eigenvalue weighted by Crippen LogP contribution is 2.07. The molecule has 0 spiro atoms. The maximum absolute atomic E-state index is 12.0. The molecule has 90 valence electrons. The Balaban J connectivity index is 2.43. The molecule has 0 bridgehead atoms. The highest BCUT2D eigenvalue weighted by atomic mass is 16.1. The molecule has 9 heteroatoms. The SMILES string of the molecule is NC(N)=Nn1ccc2c(nnc3ccnn32)c1=O. The van der Waals surface area contributed by atoms with Gasteiger partial charge in [0.05, 0.1) is 6.20 Å². The van der Waals surface area contributed by atoms with Gasteiger partial charge in [-0.1, -0.05) is 0 Å². The minimum atomic E-state index is -0.467. The Morgan fingerprint density at radius 2 is 2.11 bits per heavy atom. The molecule has 0 aromatic carbocycles. The van der Waals surface area contributed by atoms with Crippen LogP contribution in [-0.4, -0.2) is 30.4 Å². The number of aromatic nitrogens is 5. The van der Waals surface area contributed by atoms with Gasteiger partial charge in [-0.2, -0.15) is 9.77 Å². The van der Waals surface area contributed by atoms with Crippen molar-refractivity contribution in [3.05, 3.63) is 34.9 Å². The van der Waals surface area contributed by atoms with Gasteiger partial charge in [-0.15, -0.1) is 15.3 Å². The van der Waals surface area contributed by atoms with E-state index in [4.69, 9.17) is 11.5 Å². The lowest BCUT2D eigenvalue weighted by molar-refractivity contribution is 0.818. The summed E-state index contributed by atoms with van der Waals surface area (Å²) in [5, 5.41) is 15.4. The number of nitrogens with two attached hydrogens (primary N) is 2. The van der Waals surface area contributed by atoms with Gasteiger partial charge in [0.15, 0.2) is 11.2 Å². The van der Waals surface area contributed by atoms with Crippen LogP contribution in [0.1, 0.15) is 0 Å². The van der Waals surface area contributed by atoms with E-state index in [2.05, 4.69) is 20.4 Å². The summed E-state index contributed by atoms with van der Waals surface area (Å²) < 4.78 is 2.52. The van der Waals surface area contributed by atoms with Gasteiger partial charge in [0, 0.05) is 12.3 Å². The van der Waals surface area contributed by atoms with E-state index in [0.717, 1.165) is 4.68 Å². The van der Waals surface area contributed by atoms with Gasteiger partial charge in [-0.25, -0.2) is 4.52 Å². The van der Waals surface area contributed by atoms with E-state index < -0.39 is 5.56 Å². The van der Waals surface area contributed by atoms with Crippen LogP contribution in [0.5, 0.6) is 0 Å². The first-order valence-corrected chi connectivity index (χ1v) is 4.98. The summed E-state index contributed by atoms with van der Waals surface area (Å²) in [6.07, 6.45) is 3.01. The van der Waals surface area contributed by atoms with Crippen molar-refractivity contribution in [1.82, 2.24) is 24.5 Å². The second-order valence-corrected chi connectivity index (χ2v) is 3.53. The van der Waals surface area contributed by atoms with E-state index in [-0.39, 0.29) is 11.5 Å². The highest BCUT2D eigenvalue weighted by molar-refractivity contribution is 5.77. The van der Waals surface area contributed by atoms with Gasteiger partial charge in [-0.3, -0.25) is 4.79 Å². The largest absolute Gasteiger partial charge is 0.369 e. The summed E-state index contributed by atoms with van der Waals surface area (Å²) in [6, 6.07) is 3.33. The maximum atomic E-state index is 12.0. The van der Waals surface area contributed by atoms with E-state index in [1.165, 1.54) is 10.7 Å². The molecule has 0 aliphatic rings. The molecule has 0 amide bonds. The molecule has 3 rings (SSSR count). The molecule has 3 heterocycles. The average Bonchev–Trinajstić information content (AvgIpc) is 2.80. The third kappa shape index (κ3) is 1.38. The van der Waals surface area contributed by atoms with Crippen LogP contribution in [0.3, 0.4) is 0 Å². The molecular weight excluding hydrogens is 236 g/mol. The minimum Gasteiger partial charge on any atom is -0.369 e. The quantitative estimate of drug-likeness (QED) is 0.395. The summed E-state index contributed by atoms with van der Waals surface area (Å²) in [7, 11) is 0. The predicted octanol–water partition coefficient (Wildman–Crippen LogP) is -1.52. The van der Waals surface area contributed by atoms with E-state index in [1.54, 1.807) is 18.3 Å². The van der Waals surface area contributed by atoms with Gasteiger partial charge in [0.1, 0.15) is 5.52 Å². The molecule has 0 aliphatic carbocycles. The molecule has 4 N–H and O–H groups in total. The summed E-state index contributed by atoms with van der Waals surface area (Å²) in [5.74, 6) is -0.218. The van der Waals surface area contributed by atoms with E-state index in [0.29, 0.717) is 11.2 Å². The van der Waals surface area contributed by atoms with Crippen molar-refractivity contribution in [3.8, 4) is 0 Å². The van der Waals surface area contributed by atoms with E-state index in [9.17, 15) is 4.79 Å². The molecule has 0 unspecified atom stereocenters. The molecule has 3 aromatic rings. The molecular formula is C9H8N8O. The predicted molar refractivity (Wildman–Crippen MR) is 63.8 cm³/mol. The van der Waals surface area contributed by atoms with Crippen LogP contribution in [0.15, 0.2) is 34.4 Å². The lowest BCUT2D eigenvalue weighted by Crippen LogP contribution is -2.27. The average molecular weight is 244 g/mol. The Kier molecular flexibility index (Phi) is 1.99. The zero-order valence-electron chi connectivity index (χ0n) is 9.06. The third-order valence-corrected chi connectivity index (χ3v) is 2.35. The molecule has 3 aromatic heterocycles. The van der Waals surface area contributed by atoms with Gasteiger partial charge in [0.25, 0.3) is 0 Å². The van der Waals surface area contributed by atoms with Gasteiger partial charge < -0.3 is 11.5 Å². The Bertz CT molecular complexity index is 825. The summed E-state index contributed by atoms with van der Waals surface area (Å²) in [5.41, 5.74) is 11.2. The smallest absolute Gasteiger partial charge is 0.301 e. The van der Waals surface area contributed by atoms with Crippen LogP contribution in [0, 0.1) is 0 Å². The Labute approximate surface area is 99.3 Å². The molecule has 9 nitrogen and oxygen atoms in total. The first-order valence-electron chi connectivity index (χ1n) is 4.98. The number of rotatable bonds is 1. The Morgan fingerprint density at radius 3 is 2.89 bits per heavy atom. The van der Waals surface area contributed by atoms with Crippen LogP contribution in [0.4, 0.5) is 0 Å². The first-order chi connectivity index (χ1) is 8.66. The summed E-state index contributed by atoms with van der Waals surface area (Å²) in [4.78, 5) is 12.0. The van der Waals surface area contributed by atoms with Gasteiger partial charge in [-0.05, 0) is 6.07 Å². The summed E-state index contributed by atoms with van der Waals surface area (Å²) >= 11 is 0. The topological polar surface area (TPSA) is 129 Å². The van der Waals surface area contributed by atoms with Gasteiger partial charge >= 0.3 is 5.56 Å². The van der Waals surface area contributed by atoms with Crippen molar-refractivity contribution in [2.45, 2.75) is 0 Å². The Morgan fingerprint density at radius 1 is 1.28 bits per heavy atom. The van der Waals surface area contributed by atoms with Crippen LogP contribution < -0.4 is 17.0 Å². The molecule has 0 fully saturated rings.